The molecule has 1 amide bonds. The number of primary amides is 1. The number of fused-ring (bicyclic) bond motifs is 1. The summed E-state index contributed by atoms with van der Waals surface area (Å²) in [5.74, 6) is -12.9. The fraction of sp³-hybridized carbons (Fsp3) is 0. The molecule has 3 aromatic rings. The van der Waals surface area contributed by atoms with Gasteiger partial charge in [-0.3, -0.25) is 4.79 Å². The molecular weight excluding hydrogens is 542 g/mol. The van der Waals surface area contributed by atoms with Crippen molar-refractivity contribution in [1.29, 1.82) is 0 Å². The molecule has 16 nitrogen and oxygen atoms in total. The Morgan fingerprint density at radius 1 is 0.425 bits per heavy atom. The molecule has 0 atom stereocenters. The van der Waals surface area contributed by atoms with E-state index < -0.39 is 92.2 Å². The Hall–Kier alpha value is -6.32. The number of hydrogen-bond donors (Lipinski definition) is 8. The van der Waals surface area contributed by atoms with Crippen molar-refractivity contribution >= 4 is 58.5 Å². The molecule has 0 fully saturated rings. The summed E-state index contributed by atoms with van der Waals surface area (Å²) in [4.78, 5) is 88.9. The highest BCUT2D eigenvalue weighted by Crippen LogP contribution is 2.31. The highest BCUT2D eigenvalue weighted by Gasteiger charge is 2.33. The molecule has 0 unspecified atom stereocenters. The van der Waals surface area contributed by atoms with Crippen LogP contribution < -0.4 is 5.73 Å². The Bertz CT molecular complexity index is 1500. The maximum absolute atomic E-state index is 11.4. The van der Waals surface area contributed by atoms with Gasteiger partial charge in [-0.25, -0.2) is 33.6 Å². The molecule has 3 rings (SSSR count). The summed E-state index contributed by atoms with van der Waals surface area (Å²) in [5, 5.41) is 62.9. The lowest BCUT2D eigenvalue weighted by Crippen LogP contribution is -2.20. The summed E-state index contributed by atoms with van der Waals surface area (Å²) in [7, 11) is 0. The fourth-order valence-electron chi connectivity index (χ4n) is 3.64. The van der Waals surface area contributed by atoms with Crippen molar-refractivity contribution in [3.05, 3.63) is 80.9 Å². The molecule has 0 aromatic heterocycles. The van der Waals surface area contributed by atoms with E-state index in [1.165, 1.54) is 24.3 Å². The fourth-order valence-corrected chi connectivity index (χ4v) is 3.64. The molecule has 40 heavy (non-hydrogen) atoms. The van der Waals surface area contributed by atoms with E-state index in [-0.39, 0.29) is 10.8 Å². The van der Waals surface area contributed by atoms with Gasteiger partial charge in [0.1, 0.15) is 0 Å². The average Bonchev–Trinajstić information content (AvgIpc) is 2.85. The van der Waals surface area contributed by atoms with E-state index in [0.29, 0.717) is 12.1 Å². The van der Waals surface area contributed by atoms with Gasteiger partial charge in [-0.2, -0.15) is 0 Å². The first kappa shape index (κ1) is 29.9. The largest absolute Gasteiger partial charge is 0.478 e. The summed E-state index contributed by atoms with van der Waals surface area (Å²) in [6, 6.07) is 6.47. The van der Waals surface area contributed by atoms with Crippen LogP contribution >= 0.6 is 0 Å². The highest BCUT2D eigenvalue weighted by atomic mass is 16.4. The molecule has 0 saturated heterocycles. The monoisotopic (exact) mass is 557 g/mol. The van der Waals surface area contributed by atoms with Crippen molar-refractivity contribution in [2.45, 2.75) is 0 Å². The standard InChI is InChI=1S/C14H8O8.C10H7NO7/c15-11(16)7-5-3-1-2-4-6(5)8(12(17)18)10(14(21)22)9(7)13(19)20;11-7(12)3-1-5(9(15)16)6(10(17)18)2-4(3)8(13)14/h1-4H,(H,15,16)(H,17,18)(H,19,20)(H,21,22);1-2H,(H2,11,12)(H,13,14)(H,15,16)(H,17,18). The van der Waals surface area contributed by atoms with Gasteiger partial charge in [0.15, 0.2) is 0 Å². The SMILES string of the molecule is NC(=O)c1cc(C(=O)O)c(C(=O)O)cc1C(=O)O.O=C(O)c1c(C(=O)O)c(C(=O)O)c2ccccc2c1C(=O)O. The van der Waals surface area contributed by atoms with E-state index in [0.717, 1.165) is 0 Å². The molecule has 9 N–H and O–H groups in total. The predicted molar refractivity (Wildman–Crippen MR) is 128 cm³/mol. The van der Waals surface area contributed by atoms with Gasteiger partial charge in [-0.15, -0.1) is 0 Å². The van der Waals surface area contributed by atoms with Gasteiger partial charge < -0.3 is 41.5 Å². The number of nitrogens with two attached hydrogens (primary N) is 1. The average molecular weight is 557 g/mol. The molecule has 206 valence electrons. The molecule has 0 bridgehead atoms. The van der Waals surface area contributed by atoms with Crippen LogP contribution in [0.4, 0.5) is 0 Å². The Morgan fingerprint density at radius 2 is 0.700 bits per heavy atom. The van der Waals surface area contributed by atoms with Crippen molar-refractivity contribution in [3.63, 3.8) is 0 Å². The van der Waals surface area contributed by atoms with Crippen molar-refractivity contribution in [1.82, 2.24) is 0 Å². The van der Waals surface area contributed by atoms with Crippen molar-refractivity contribution in [2.75, 3.05) is 0 Å². The van der Waals surface area contributed by atoms with Crippen molar-refractivity contribution < 1.29 is 74.1 Å². The van der Waals surface area contributed by atoms with E-state index in [2.05, 4.69) is 0 Å². The predicted octanol–water partition coefficient (Wildman–Crippen LogP) is 1.51. The number of carbonyl (C=O) groups is 8. The molecule has 0 aliphatic heterocycles. The minimum Gasteiger partial charge on any atom is -0.478 e. The third-order valence-electron chi connectivity index (χ3n) is 5.19. The van der Waals surface area contributed by atoms with E-state index in [9.17, 15) is 58.8 Å². The van der Waals surface area contributed by atoms with Crippen LogP contribution in [0.25, 0.3) is 10.8 Å². The zero-order valence-electron chi connectivity index (χ0n) is 19.4. The number of rotatable bonds is 8. The summed E-state index contributed by atoms with van der Waals surface area (Å²) in [6.45, 7) is 0. The molecule has 16 heteroatoms. The maximum atomic E-state index is 11.4. The number of carboxylic acids is 7. The number of benzene rings is 3. The molecule has 0 radical (unpaired) electrons. The molecular formula is C24H15NO15. The number of hydrogen-bond acceptors (Lipinski definition) is 8. The lowest BCUT2D eigenvalue weighted by atomic mass is 9.88. The number of aromatic carboxylic acids is 7. The van der Waals surface area contributed by atoms with Crippen LogP contribution in [0.3, 0.4) is 0 Å². The molecule has 0 aliphatic carbocycles. The summed E-state index contributed by atoms with van der Waals surface area (Å²) < 4.78 is 0. The van der Waals surface area contributed by atoms with Crippen LogP contribution in [0.1, 0.15) is 82.9 Å². The molecule has 0 spiro atoms. The maximum Gasteiger partial charge on any atom is 0.337 e. The van der Waals surface area contributed by atoms with Gasteiger partial charge >= 0.3 is 41.8 Å². The molecule has 0 heterocycles. The topological polar surface area (TPSA) is 304 Å². The summed E-state index contributed by atoms with van der Waals surface area (Å²) in [5.41, 5.74) is -1.40. The van der Waals surface area contributed by atoms with E-state index in [4.69, 9.17) is 21.1 Å². The van der Waals surface area contributed by atoms with E-state index in [1.807, 2.05) is 0 Å². The molecule has 3 aromatic carbocycles. The normalized spacial score (nSPS) is 10.1. The van der Waals surface area contributed by atoms with Gasteiger partial charge in [0.25, 0.3) is 0 Å². The second kappa shape index (κ2) is 11.4. The first-order valence-corrected chi connectivity index (χ1v) is 10.2. The Labute approximate surface area is 219 Å². The lowest BCUT2D eigenvalue weighted by molar-refractivity contribution is 0.0621. The van der Waals surface area contributed by atoms with Crippen molar-refractivity contribution in [3.8, 4) is 0 Å². The number of carbonyl (C=O) groups excluding carboxylic acids is 1. The van der Waals surface area contributed by atoms with Gasteiger partial charge in [0, 0.05) is 0 Å². The minimum absolute atomic E-state index is 0.158. The second-order valence-electron chi connectivity index (χ2n) is 7.49. The minimum atomic E-state index is -1.83. The van der Waals surface area contributed by atoms with Crippen LogP contribution in [-0.4, -0.2) is 83.4 Å². The smallest absolute Gasteiger partial charge is 0.337 e. The van der Waals surface area contributed by atoms with Crippen LogP contribution in [0.15, 0.2) is 36.4 Å². The van der Waals surface area contributed by atoms with Gasteiger partial charge in [-0.05, 0) is 22.9 Å². The van der Waals surface area contributed by atoms with Crippen LogP contribution in [-0.2, 0) is 0 Å². The van der Waals surface area contributed by atoms with Gasteiger partial charge in [0.05, 0.1) is 44.5 Å². The summed E-state index contributed by atoms with van der Waals surface area (Å²) in [6.07, 6.45) is 0. The Kier molecular flexibility index (Phi) is 8.51. The van der Waals surface area contributed by atoms with Gasteiger partial charge in [0.2, 0.25) is 5.91 Å². The van der Waals surface area contributed by atoms with E-state index >= 15 is 0 Å². The second-order valence-corrected chi connectivity index (χ2v) is 7.49. The zero-order valence-corrected chi connectivity index (χ0v) is 19.4. The highest BCUT2D eigenvalue weighted by molar-refractivity contribution is 6.23. The lowest BCUT2D eigenvalue weighted by Gasteiger charge is -2.14. The first-order valence-electron chi connectivity index (χ1n) is 10.2. The zero-order chi connectivity index (χ0) is 30.6. The number of amides is 1. The molecule has 0 aliphatic rings. The Morgan fingerprint density at radius 3 is 0.950 bits per heavy atom. The quantitative estimate of drug-likeness (QED) is 0.194. The summed E-state index contributed by atoms with van der Waals surface area (Å²) >= 11 is 0. The van der Waals surface area contributed by atoms with E-state index in [1.54, 1.807) is 0 Å². The third-order valence-corrected chi connectivity index (χ3v) is 5.19. The first-order chi connectivity index (χ1) is 18.5. The third kappa shape index (κ3) is 5.65. The van der Waals surface area contributed by atoms with Gasteiger partial charge in [-0.1, -0.05) is 24.3 Å². The Balaban J connectivity index is 0.000000286. The van der Waals surface area contributed by atoms with Crippen molar-refractivity contribution in [2.24, 2.45) is 5.73 Å². The number of carboxylic acid groups (broad SMARTS) is 7. The van der Waals surface area contributed by atoms with Crippen LogP contribution in [0.2, 0.25) is 0 Å². The van der Waals surface area contributed by atoms with Crippen LogP contribution in [0.5, 0.6) is 0 Å². The van der Waals surface area contributed by atoms with Crippen LogP contribution in [0, 0.1) is 0 Å². The molecule has 0 saturated carbocycles.